The fraction of sp³-hybridized carbons (Fsp3) is 0.481. The first-order valence-electron chi connectivity index (χ1n) is 11.9. The highest BCUT2D eigenvalue weighted by molar-refractivity contribution is 9.10. The zero-order chi connectivity index (χ0) is 24.4. The van der Waals surface area contributed by atoms with Crippen LogP contribution >= 0.6 is 31.9 Å². The largest absolute Gasteiger partial charge is 0.289 e. The summed E-state index contributed by atoms with van der Waals surface area (Å²) in [4.78, 5) is 30.8. The van der Waals surface area contributed by atoms with Gasteiger partial charge in [0.15, 0.2) is 0 Å². The van der Waals surface area contributed by atoms with E-state index in [0.29, 0.717) is 12.8 Å². The Labute approximate surface area is 216 Å². The summed E-state index contributed by atoms with van der Waals surface area (Å²) < 4.78 is 1.79. The van der Waals surface area contributed by atoms with Gasteiger partial charge in [0.1, 0.15) is 5.66 Å². The van der Waals surface area contributed by atoms with Crippen LogP contribution in [-0.2, 0) is 9.59 Å². The highest BCUT2D eigenvalue weighted by Gasteiger charge is 2.40. The van der Waals surface area contributed by atoms with E-state index in [9.17, 15) is 9.59 Å². The number of anilines is 2. The number of carbonyl (C=O) groups is 2. The first-order chi connectivity index (χ1) is 15.7. The molecule has 0 N–H and O–H groups in total. The maximum atomic E-state index is 13.6. The van der Waals surface area contributed by atoms with Crippen molar-refractivity contribution in [1.82, 2.24) is 0 Å². The van der Waals surface area contributed by atoms with Crippen LogP contribution < -0.4 is 9.80 Å². The number of rotatable bonds is 12. The molecule has 33 heavy (non-hydrogen) atoms. The zero-order valence-electron chi connectivity index (χ0n) is 20.2. The van der Waals surface area contributed by atoms with E-state index in [4.69, 9.17) is 0 Å². The molecule has 6 heteroatoms. The van der Waals surface area contributed by atoms with Gasteiger partial charge in [-0.2, -0.15) is 0 Å². The molecule has 0 atom stereocenters. The normalized spacial score (nSPS) is 11.3. The van der Waals surface area contributed by atoms with E-state index in [1.165, 1.54) is 0 Å². The average molecular weight is 580 g/mol. The molecule has 0 aliphatic carbocycles. The SMILES string of the molecule is CCCCCC(=O)N(c1cccc(Br)c1)C(C)(C)N(C(=O)CCCCC)c1cccc(Br)c1. The second kappa shape index (κ2) is 13.3. The lowest BCUT2D eigenvalue weighted by atomic mass is 10.0. The number of hydrogen-bond acceptors (Lipinski definition) is 2. The minimum atomic E-state index is -0.909. The minimum Gasteiger partial charge on any atom is -0.289 e. The summed E-state index contributed by atoms with van der Waals surface area (Å²) in [6, 6.07) is 15.5. The summed E-state index contributed by atoms with van der Waals surface area (Å²) in [7, 11) is 0. The van der Waals surface area contributed by atoms with Gasteiger partial charge in [0, 0.05) is 33.2 Å². The molecule has 2 aromatic carbocycles. The van der Waals surface area contributed by atoms with E-state index in [-0.39, 0.29) is 11.8 Å². The molecule has 2 aromatic rings. The van der Waals surface area contributed by atoms with Crippen LogP contribution in [0.4, 0.5) is 11.4 Å². The first-order valence-corrected chi connectivity index (χ1v) is 13.5. The predicted octanol–water partition coefficient (Wildman–Crippen LogP) is 8.47. The van der Waals surface area contributed by atoms with Crippen LogP contribution in [0, 0.1) is 0 Å². The van der Waals surface area contributed by atoms with E-state index >= 15 is 0 Å². The molecule has 0 bridgehead atoms. The van der Waals surface area contributed by atoms with E-state index in [2.05, 4.69) is 45.7 Å². The molecule has 2 rings (SSSR count). The molecule has 0 aliphatic heterocycles. The van der Waals surface area contributed by atoms with Crippen molar-refractivity contribution in [2.24, 2.45) is 0 Å². The van der Waals surface area contributed by atoms with Gasteiger partial charge >= 0.3 is 0 Å². The van der Waals surface area contributed by atoms with Crippen LogP contribution in [0.5, 0.6) is 0 Å². The number of halogens is 2. The summed E-state index contributed by atoms with van der Waals surface area (Å²) in [5, 5.41) is 0. The number of carbonyl (C=O) groups excluding carboxylic acids is 2. The van der Waals surface area contributed by atoms with Crippen molar-refractivity contribution in [3.05, 3.63) is 57.5 Å². The minimum absolute atomic E-state index is 0.0212. The second-order valence-corrected chi connectivity index (χ2v) is 10.7. The van der Waals surface area contributed by atoms with Gasteiger partial charge in [-0.3, -0.25) is 19.4 Å². The van der Waals surface area contributed by atoms with Crippen molar-refractivity contribution in [3.63, 3.8) is 0 Å². The lowest BCUT2D eigenvalue weighted by Gasteiger charge is -2.47. The van der Waals surface area contributed by atoms with Gasteiger partial charge in [0.25, 0.3) is 0 Å². The Bertz CT molecular complexity index is 856. The van der Waals surface area contributed by atoms with Gasteiger partial charge in [0.2, 0.25) is 11.8 Å². The maximum absolute atomic E-state index is 13.6. The van der Waals surface area contributed by atoms with Gasteiger partial charge in [-0.1, -0.05) is 83.5 Å². The van der Waals surface area contributed by atoms with Crippen molar-refractivity contribution in [1.29, 1.82) is 0 Å². The lowest BCUT2D eigenvalue weighted by molar-refractivity contribution is -0.121. The Kier molecular flexibility index (Phi) is 11.1. The quantitative estimate of drug-likeness (QED) is 0.187. The first kappa shape index (κ1) is 27.6. The molecule has 0 saturated heterocycles. The summed E-state index contributed by atoms with van der Waals surface area (Å²) in [6.07, 6.45) is 6.66. The molecule has 0 aliphatic rings. The second-order valence-electron chi connectivity index (χ2n) is 8.83. The van der Waals surface area contributed by atoms with Crippen LogP contribution in [0.3, 0.4) is 0 Å². The number of nitrogens with zero attached hydrogens (tertiary/aromatic N) is 2. The summed E-state index contributed by atoms with van der Waals surface area (Å²) >= 11 is 7.10. The average Bonchev–Trinajstić information content (AvgIpc) is 2.74. The molecule has 2 amide bonds. The molecule has 0 unspecified atom stereocenters. The van der Waals surface area contributed by atoms with E-state index in [1.54, 1.807) is 9.80 Å². The van der Waals surface area contributed by atoms with Gasteiger partial charge in [0.05, 0.1) is 0 Å². The van der Waals surface area contributed by atoms with Gasteiger partial charge in [-0.15, -0.1) is 0 Å². The van der Waals surface area contributed by atoms with E-state index in [0.717, 1.165) is 58.8 Å². The number of benzene rings is 2. The van der Waals surface area contributed by atoms with Crippen molar-refractivity contribution >= 4 is 55.0 Å². The molecule has 0 fully saturated rings. The smallest absolute Gasteiger partial charge is 0.228 e. The van der Waals surface area contributed by atoms with Crippen molar-refractivity contribution in [2.75, 3.05) is 9.80 Å². The Balaban J connectivity index is 2.56. The maximum Gasteiger partial charge on any atom is 0.228 e. The monoisotopic (exact) mass is 578 g/mol. The molecular formula is C27H36Br2N2O2. The van der Waals surface area contributed by atoms with Crippen LogP contribution in [0.25, 0.3) is 0 Å². The fourth-order valence-corrected chi connectivity index (χ4v) is 4.91. The molecule has 4 nitrogen and oxygen atoms in total. The van der Waals surface area contributed by atoms with Gasteiger partial charge in [-0.05, 0) is 63.1 Å². The van der Waals surface area contributed by atoms with Crippen LogP contribution in [-0.4, -0.2) is 17.5 Å². The Morgan fingerprint density at radius 1 is 0.727 bits per heavy atom. The molecule has 0 spiro atoms. The molecule has 0 radical (unpaired) electrons. The van der Waals surface area contributed by atoms with Gasteiger partial charge < -0.3 is 0 Å². The predicted molar refractivity (Wildman–Crippen MR) is 146 cm³/mol. The molecule has 0 heterocycles. The van der Waals surface area contributed by atoms with Crippen LogP contribution in [0.2, 0.25) is 0 Å². The third-order valence-corrected chi connectivity index (χ3v) is 6.70. The number of hydrogen-bond donors (Lipinski definition) is 0. The standard InChI is InChI=1S/C27H36Br2N2O2/c1-5-7-9-17-25(32)30(23-15-11-13-21(28)19-23)27(3,4)31(26(33)18-10-8-6-2)24-16-12-14-22(29)20-24/h11-16,19-20H,5-10,17-18H2,1-4H3. The topological polar surface area (TPSA) is 40.6 Å². The summed E-state index contributed by atoms with van der Waals surface area (Å²) in [5.41, 5.74) is 0.642. The highest BCUT2D eigenvalue weighted by atomic mass is 79.9. The third-order valence-electron chi connectivity index (χ3n) is 5.71. The lowest BCUT2D eigenvalue weighted by Crippen LogP contribution is -2.61. The molecule has 0 aromatic heterocycles. The van der Waals surface area contributed by atoms with Crippen LogP contribution in [0.15, 0.2) is 57.5 Å². The molecule has 0 saturated carbocycles. The highest BCUT2D eigenvalue weighted by Crippen LogP contribution is 2.35. The Morgan fingerprint density at radius 2 is 1.12 bits per heavy atom. The number of amides is 2. The van der Waals surface area contributed by atoms with Crippen molar-refractivity contribution < 1.29 is 9.59 Å². The Morgan fingerprint density at radius 3 is 1.45 bits per heavy atom. The summed E-state index contributed by atoms with van der Waals surface area (Å²) in [6.45, 7) is 8.18. The van der Waals surface area contributed by atoms with Crippen LogP contribution in [0.1, 0.15) is 79.1 Å². The Hall–Kier alpha value is -1.66. The van der Waals surface area contributed by atoms with E-state index in [1.807, 2.05) is 62.4 Å². The summed E-state index contributed by atoms with van der Waals surface area (Å²) in [5.74, 6) is 0.0424. The molecular weight excluding hydrogens is 544 g/mol. The number of unbranched alkanes of at least 4 members (excludes halogenated alkanes) is 4. The van der Waals surface area contributed by atoms with Gasteiger partial charge in [-0.25, -0.2) is 0 Å². The van der Waals surface area contributed by atoms with Crippen molar-refractivity contribution in [3.8, 4) is 0 Å². The van der Waals surface area contributed by atoms with E-state index < -0.39 is 5.66 Å². The van der Waals surface area contributed by atoms with Crippen molar-refractivity contribution in [2.45, 2.75) is 84.7 Å². The molecule has 180 valence electrons. The fourth-order valence-electron chi connectivity index (χ4n) is 4.14. The zero-order valence-corrected chi connectivity index (χ0v) is 23.4. The third kappa shape index (κ3) is 7.68.